The summed E-state index contributed by atoms with van der Waals surface area (Å²) in [7, 11) is 0. The summed E-state index contributed by atoms with van der Waals surface area (Å²) >= 11 is 1.49. The van der Waals surface area contributed by atoms with Crippen LogP contribution in [0.1, 0.15) is 46.8 Å². The summed E-state index contributed by atoms with van der Waals surface area (Å²) in [5, 5.41) is 8.87. The van der Waals surface area contributed by atoms with Crippen LogP contribution >= 0.6 is 11.8 Å². The molecule has 0 radical (unpaired) electrons. The minimum Gasteiger partial charge on any atom is -0.450 e. The third-order valence-corrected chi connectivity index (χ3v) is 5.09. The monoisotopic (exact) mass is 345 g/mol. The maximum atomic E-state index is 13.0. The topological polar surface area (TPSA) is 68.5 Å². The summed E-state index contributed by atoms with van der Waals surface area (Å²) in [5.41, 5.74) is 3.21. The lowest BCUT2D eigenvalue weighted by molar-refractivity contribution is 0.0518. The van der Waals surface area contributed by atoms with Crippen LogP contribution in [0.25, 0.3) is 0 Å². The molecule has 6 heteroatoms. The van der Waals surface area contributed by atoms with Crippen molar-refractivity contribution in [3.63, 3.8) is 0 Å². The molecule has 24 heavy (non-hydrogen) atoms. The molecule has 2 heterocycles. The first-order valence-electron chi connectivity index (χ1n) is 7.85. The number of ketones is 1. The maximum Gasteiger partial charge on any atom is 0.506 e. The number of aromatic nitrogens is 1. The maximum absolute atomic E-state index is 13.0. The molecule has 0 spiro atoms. The molecule has 2 aromatic rings. The molecule has 0 aliphatic carbocycles. The van der Waals surface area contributed by atoms with E-state index in [1.54, 1.807) is 0 Å². The van der Waals surface area contributed by atoms with Gasteiger partial charge in [0.2, 0.25) is 5.78 Å². The fourth-order valence-corrected chi connectivity index (χ4v) is 3.74. The number of nitrogens with zero attached hydrogens (tertiary/aromatic N) is 1. The van der Waals surface area contributed by atoms with Crippen LogP contribution in [0, 0.1) is 0 Å². The molecule has 3 rings (SSSR count). The molecule has 1 aromatic heterocycles. The molecule has 126 valence electrons. The van der Waals surface area contributed by atoms with E-state index >= 15 is 0 Å². The Labute approximate surface area is 144 Å². The third kappa shape index (κ3) is 2.94. The number of thioether (sulfide) groups is 1. The zero-order chi connectivity index (χ0) is 17.3. The van der Waals surface area contributed by atoms with E-state index in [1.807, 2.05) is 41.2 Å². The molecule has 1 unspecified atom stereocenters. The summed E-state index contributed by atoms with van der Waals surface area (Å²) in [6, 6.07) is 9.52. The standard InChI is InChI=1S/C18H19NO4S/c1-3-11-4-6-12(7-5-11)17(20)16-15(24-2)10-13-14(23-18(21)22)8-9-19(13)16/h4-7,10,14H,3,8-9H2,1-2H3,(H,21,22). The molecule has 1 N–H and O–H groups in total. The van der Waals surface area contributed by atoms with Crippen LogP contribution in [0.5, 0.6) is 0 Å². The first-order valence-corrected chi connectivity index (χ1v) is 9.08. The number of carboxylic acid groups (broad SMARTS) is 1. The van der Waals surface area contributed by atoms with Gasteiger partial charge in [-0.25, -0.2) is 4.79 Å². The average molecular weight is 345 g/mol. The van der Waals surface area contributed by atoms with Gasteiger partial charge in [0.25, 0.3) is 0 Å². The Morgan fingerprint density at radius 3 is 2.62 bits per heavy atom. The van der Waals surface area contributed by atoms with Gasteiger partial charge >= 0.3 is 6.16 Å². The average Bonchev–Trinajstić information content (AvgIpc) is 3.13. The second-order valence-electron chi connectivity index (χ2n) is 5.68. The van der Waals surface area contributed by atoms with Crippen molar-refractivity contribution in [3.05, 3.63) is 52.8 Å². The highest BCUT2D eigenvalue weighted by Gasteiger charge is 2.32. The van der Waals surface area contributed by atoms with Crippen LogP contribution in [0.4, 0.5) is 4.79 Å². The Kier molecular flexibility index (Phi) is 4.66. The Morgan fingerprint density at radius 1 is 1.33 bits per heavy atom. The van der Waals surface area contributed by atoms with Crippen LogP contribution in [0.15, 0.2) is 35.2 Å². The van der Waals surface area contributed by atoms with E-state index in [-0.39, 0.29) is 5.78 Å². The predicted octanol–water partition coefficient (Wildman–Crippen LogP) is 4.14. The van der Waals surface area contributed by atoms with Gasteiger partial charge in [0.1, 0.15) is 11.8 Å². The lowest BCUT2D eigenvalue weighted by Crippen LogP contribution is -2.10. The van der Waals surface area contributed by atoms with E-state index in [1.165, 1.54) is 17.3 Å². The Bertz CT molecular complexity index is 779. The number of aryl methyl sites for hydroxylation is 1. The molecule has 1 aliphatic heterocycles. The molecule has 0 fully saturated rings. The minimum atomic E-state index is -1.29. The normalized spacial score (nSPS) is 16.0. The van der Waals surface area contributed by atoms with Gasteiger partial charge in [-0.3, -0.25) is 4.79 Å². The summed E-state index contributed by atoms with van der Waals surface area (Å²) in [6.45, 7) is 2.66. The molecule has 1 aromatic carbocycles. The van der Waals surface area contributed by atoms with E-state index < -0.39 is 12.3 Å². The van der Waals surface area contributed by atoms with Gasteiger partial charge in [0.15, 0.2) is 0 Å². The molecule has 0 bridgehead atoms. The fourth-order valence-electron chi connectivity index (χ4n) is 3.10. The SMILES string of the molecule is CCc1ccc(C(=O)c2c(SC)cc3n2CCC3OC(=O)O)cc1. The van der Waals surface area contributed by atoms with Crippen LogP contribution < -0.4 is 0 Å². The van der Waals surface area contributed by atoms with E-state index in [2.05, 4.69) is 6.92 Å². The van der Waals surface area contributed by atoms with Crippen molar-refractivity contribution in [1.82, 2.24) is 4.57 Å². The molecule has 1 aliphatic rings. The third-order valence-electron chi connectivity index (χ3n) is 4.34. The lowest BCUT2D eigenvalue weighted by atomic mass is 10.0. The van der Waals surface area contributed by atoms with Gasteiger partial charge in [-0.1, -0.05) is 31.2 Å². The number of hydrogen-bond donors (Lipinski definition) is 1. The first-order chi connectivity index (χ1) is 11.5. The highest BCUT2D eigenvalue weighted by molar-refractivity contribution is 7.98. The number of benzene rings is 1. The van der Waals surface area contributed by atoms with E-state index in [9.17, 15) is 9.59 Å². The van der Waals surface area contributed by atoms with Crippen molar-refractivity contribution in [2.75, 3.05) is 6.26 Å². The van der Waals surface area contributed by atoms with Crippen molar-refractivity contribution in [1.29, 1.82) is 0 Å². The Balaban J connectivity index is 1.98. The van der Waals surface area contributed by atoms with Crippen molar-refractivity contribution >= 4 is 23.7 Å². The van der Waals surface area contributed by atoms with Crippen molar-refractivity contribution in [2.24, 2.45) is 0 Å². The smallest absolute Gasteiger partial charge is 0.450 e. The molecule has 0 amide bonds. The predicted molar refractivity (Wildman–Crippen MR) is 91.9 cm³/mol. The number of carbonyl (C=O) groups is 2. The van der Waals surface area contributed by atoms with Crippen molar-refractivity contribution in [3.8, 4) is 0 Å². The van der Waals surface area contributed by atoms with Crippen LogP contribution in [0.3, 0.4) is 0 Å². The summed E-state index contributed by atoms with van der Waals surface area (Å²) in [5.74, 6) is -0.0378. The summed E-state index contributed by atoms with van der Waals surface area (Å²) in [6.07, 6.45) is 1.61. The first kappa shape index (κ1) is 16.6. The van der Waals surface area contributed by atoms with Crippen LogP contribution in [-0.2, 0) is 17.7 Å². The number of fused-ring (bicyclic) bond motifs is 1. The van der Waals surface area contributed by atoms with Gasteiger partial charge in [0, 0.05) is 23.4 Å². The number of hydrogen-bond acceptors (Lipinski definition) is 4. The molecule has 5 nitrogen and oxygen atoms in total. The Morgan fingerprint density at radius 2 is 2.04 bits per heavy atom. The quantitative estimate of drug-likeness (QED) is 0.501. The van der Waals surface area contributed by atoms with Crippen molar-refractivity contribution < 1.29 is 19.4 Å². The van der Waals surface area contributed by atoms with E-state index in [4.69, 9.17) is 9.84 Å². The van der Waals surface area contributed by atoms with Crippen molar-refractivity contribution in [2.45, 2.75) is 37.3 Å². The van der Waals surface area contributed by atoms with Gasteiger partial charge in [0.05, 0.1) is 5.69 Å². The number of carbonyl (C=O) groups excluding carboxylic acids is 1. The highest BCUT2D eigenvalue weighted by Crippen LogP contribution is 2.37. The summed E-state index contributed by atoms with van der Waals surface area (Å²) in [4.78, 5) is 24.7. The van der Waals surface area contributed by atoms with Crippen LogP contribution in [-0.4, -0.2) is 27.9 Å². The molecular weight excluding hydrogens is 326 g/mol. The molecular formula is C18H19NO4S. The van der Waals surface area contributed by atoms with Gasteiger partial charge in [-0.05, 0) is 24.3 Å². The second-order valence-corrected chi connectivity index (χ2v) is 6.53. The van der Waals surface area contributed by atoms with E-state index in [0.717, 1.165) is 17.0 Å². The highest BCUT2D eigenvalue weighted by atomic mass is 32.2. The molecule has 1 atom stereocenters. The largest absolute Gasteiger partial charge is 0.506 e. The fraction of sp³-hybridized carbons (Fsp3) is 0.333. The van der Waals surface area contributed by atoms with Gasteiger partial charge < -0.3 is 14.4 Å². The van der Waals surface area contributed by atoms with E-state index in [0.29, 0.717) is 24.2 Å². The number of ether oxygens (including phenoxy) is 1. The minimum absolute atomic E-state index is 0.0378. The Hall–Kier alpha value is -2.21. The number of rotatable bonds is 5. The zero-order valence-corrected chi connectivity index (χ0v) is 14.4. The lowest BCUT2D eigenvalue weighted by Gasteiger charge is -2.08. The molecule has 0 saturated carbocycles. The van der Waals surface area contributed by atoms with Gasteiger partial charge in [-0.2, -0.15) is 0 Å². The zero-order valence-electron chi connectivity index (χ0n) is 13.6. The molecule has 0 saturated heterocycles. The summed E-state index contributed by atoms with van der Waals surface area (Å²) < 4.78 is 6.84. The van der Waals surface area contributed by atoms with Crippen LogP contribution in [0.2, 0.25) is 0 Å². The second kappa shape index (κ2) is 6.73. The van der Waals surface area contributed by atoms with Gasteiger partial charge in [-0.15, -0.1) is 11.8 Å².